The van der Waals surface area contributed by atoms with Gasteiger partial charge >= 0.3 is 0 Å². The second-order valence-corrected chi connectivity index (χ2v) is 12.7. The van der Waals surface area contributed by atoms with Gasteiger partial charge in [0.1, 0.15) is 9.75 Å². The van der Waals surface area contributed by atoms with E-state index in [4.69, 9.17) is 24.4 Å². The molecule has 2 aromatic heterocycles. The van der Waals surface area contributed by atoms with Crippen LogP contribution in [-0.2, 0) is 22.7 Å². The third kappa shape index (κ3) is 4.60. The van der Waals surface area contributed by atoms with Gasteiger partial charge in [-0.3, -0.25) is 18.7 Å². The molecule has 40 heavy (non-hydrogen) atoms. The van der Waals surface area contributed by atoms with Crippen molar-refractivity contribution in [3.63, 3.8) is 0 Å². The standard InChI is InChI=1S/C28H22N4O4S4/c33-23-19(15-9-3-5-11-17(15)29-23)21-25(35)31(27(37)39-21)13-7-1-2-8-14-32-26(36)22(40-28(32)38)20-16-10-4-6-12-18(16)30-24(20)34/h3-6,9-12,35-36H,1-2,7-8,13-14H2. The third-order valence-electron chi connectivity index (χ3n) is 6.92. The molecule has 0 aliphatic carbocycles. The molecule has 12 heteroatoms. The zero-order valence-corrected chi connectivity index (χ0v) is 24.3. The lowest BCUT2D eigenvalue weighted by Crippen LogP contribution is -2.22. The van der Waals surface area contributed by atoms with Crippen LogP contribution in [0.4, 0.5) is 0 Å². The number of carbonyl (C=O) groups excluding carboxylic acids is 2. The Morgan fingerprint density at radius 1 is 0.650 bits per heavy atom. The first-order valence-electron chi connectivity index (χ1n) is 12.7. The van der Waals surface area contributed by atoms with Crippen LogP contribution in [-0.4, -0.2) is 31.2 Å². The summed E-state index contributed by atoms with van der Waals surface area (Å²) in [5.74, 6) is -0.737. The number of aromatic nitrogens is 2. The molecule has 6 rings (SSSR count). The summed E-state index contributed by atoms with van der Waals surface area (Å²) in [6.45, 7) is 1.05. The SMILES string of the molecule is O=C1N=c2ccccc2=C1c1sc(=S)n(CCCCCCn2c(O)c(C3=c4ccccc4=NC3=O)sc2=S)c1O. The lowest BCUT2D eigenvalue weighted by molar-refractivity contribution is -0.113. The Balaban J connectivity index is 1.10. The van der Waals surface area contributed by atoms with E-state index in [0.29, 0.717) is 63.1 Å². The molecule has 0 saturated carbocycles. The van der Waals surface area contributed by atoms with E-state index < -0.39 is 0 Å². The van der Waals surface area contributed by atoms with Crippen molar-refractivity contribution in [2.75, 3.05) is 0 Å². The normalized spacial score (nSPS) is 13.9. The summed E-state index contributed by atoms with van der Waals surface area (Å²) in [5.41, 5.74) is 0.786. The van der Waals surface area contributed by atoms with Crippen molar-refractivity contribution in [1.29, 1.82) is 0 Å². The second-order valence-electron chi connectivity index (χ2n) is 9.38. The van der Waals surface area contributed by atoms with E-state index in [-0.39, 0.29) is 23.6 Å². The highest BCUT2D eigenvalue weighted by atomic mass is 32.2. The van der Waals surface area contributed by atoms with E-state index >= 15 is 0 Å². The number of carbonyl (C=O) groups is 2. The topological polar surface area (TPSA) is 109 Å². The number of rotatable bonds is 9. The van der Waals surface area contributed by atoms with E-state index in [2.05, 4.69) is 9.98 Å². The molecule has 0 radical (unpaired) electrons. The van der Waals surface area contributed by atoms with E-state index in [1.807, 2.05) is 36.4 Å². The molecular formula is C28H22N4O4S4. The predicted molar refractivity (Wildman–Crippen MR) is 158 cm³/mol. The van der Waals surface area contributed by atoms with Gasteiger partial charge in [0.15, 0.2) is 7.91 Å². The van der Waals surface area contributed by atoms with Crippen LogP contribution in [0.5, 0.6) is 11.8 Å². The molecule has 2 aliphatic heterocycles. The molecule has 2 amide bonds. The molecule has 0 atom stereocenters. The first-order chi connectivity index (χ1) is 19.3. The van der Waals surface area contributed by atoms with E-state index in [1.165, 1.54) is 22.7 Å². The van der Waals surface area contributed by atoms with Crippen molar-refractivity contribution in [2.24, 2.45) is 9.98 Å². The van der Waals surface area contributed by atoms with Crippen LogP contribution < -0.4 is 21.2 Å². The quantitative estimate of drug-likeness (QED) is 0.224. The Kier molecular flexibility index (Phi) is 7.17. The summed E-state index contributed by atoms with van der Waals surface area (Å²) in [4.78, 5) is 34.2. The summed E-state index contributed by atoms with van der Waals surface area (Å²) < 4.78 is 4.35. The minimum atomic E-state index is -0.368. The summed E-state index contributed by atoms with van der Waals surface area (Å²) >= 11 is 13.4. The van der Waals surface area contributed by atoms with Crippen LogP contribution in [0, 0.1) is 7.91 Å². The van der Waals surface area contributed by atoms with Crippen molar-refractivity contribution in [3.8, 4) is 11.8 Å². The maximum Gasteiger partial charge on any atom is 0.279 e. The van der Waals surface area contributed by atoms with Gasteiger partial charge in [-0.25, -0.2) is 9.98 Å². The van der Waals surface area contributed by atoms with Crippen molar-refractivity contribution >= 4 is 70.1 Å². The van der Waals surface area contributed by atoms with Crippen molar-refractivity contribution in [3.05, 3.63) is 87.3 Å². The van der Waals surface area contributed by atoms with Gasteiger partial charge < -0.3 is 10.2 Å². The minimum Gasteiger partial charge on any atom is -0.493 e. The number of para-hydroxylation sites is 2. The van der Waals surface area contributed by atoms with Crippen molar-refractivity contribution in [2.45, 2.75) is 38.8 Å². The van der Waals surface area contributed by atoms with Gasteiger partial charge in [-0.15, -0.1) is 22.7 Å². The smallest absolute Gasteiger partial charge is 0.279 e. The number of benzene rings is 2. The van der Waals surface area contributed by atoms with Gasteiger partial charge in [-0.05, 0) is 49.4 Å². The lowest BCUT2D eigenvalue weighted by atomic mass is 10.1. The van der Waals surface area contributed by atoms with E-state index in [9.17, 15) is 19.8 Å². The summed E-state index contributed by atoms with van der Waals surface area (Å²) in [6.07, 6.45) is 3.29. The molecule has 202 valence electrons. The van der Waals surface area contributed by atoms with Crippen LogP contribution in [0.25, 0.3) is 11.1 Å². The van der Waals surface area contributed by atoms with Gasteiger partial charge in [0.25, 0.3) is 11.8 Å². The fraction of sp³-hybridized carbons (Fsp3) is 0.214. The Hall–Kier alpha value is -3.58. The van der Waals surface area contributed by atoms with Gasteiger partial charge in [-0.2, -0.15) is 0 Å². The summed E-state index contributed by atoms with van der Waals surface area (Å²) in [7, 11) is 0. The van der Waals surface area contributed by atoms with Crippen LogP contribution in [0.3, 0.4) is 0 Å². The summed E-state index contributed by atoms with van der Waals surface area (Å²) in [6, 6.07) is 14.5. The number of nitrogens with zero attached hydrogens (tertiary/aromatic N) is 4. The molecule has 0 saturated heterocycles. The highest BCUT2D eigenvalue weighted by molar-refractivity contribution is 7.73. The molecular weight excluding hydrogens is 585 g/mol. The molecule has 8 nitrogen and oxygen atoms in total. The minimum absolute atomic E-state index is 0.000416. The molecule has 0 bridgehead atoms. The predicted octanol–water partition coefficient (Wildman–Crippen LogP) is 3.26. The zero-order chi connectivity index (χ0) is 28.0. The number of hydrogen-bond donors (Lipinski definition) is 2. The Bertz CT molecular complexity index is 1940. The van der Waals surface area contributed by atoms with Gasteiger partial charge in [0.2, 0.25) is 11.8 Å². The second kappa shape index (κ2) is 10.8. The molecule has 4 heterocycles. The van der Waals surface area contributed by atoms with Crippen molar-refractivity contribution in [1.82, 2.24) is 9.13 Å². The fourth-order valence-corrected chi connectivity index (χ4v) is 7.75. The number of thiazole rings is 2. The first-order valence-corrected chi connectivity index (χ1v) is 15.1. The average Bonchev–Trinajstić information content (AvgIpc) is 3.62. The van der Waals surface area contributed by atoms with Crippen LogP contribution in [0.15, 0.2) is 58.5 Å². The Labute approximate surface area is 245 Å². The monoisotopic (exact) mass is 606 g/mol. The molecule has 0 fully saturated rings. The Morgan fingerprint density at radius 3 is 1.48 bits per heavy atom. The number of unbranched alkanes of at least 4 members (excludes halogenated alkanes) is 3. The van der Waals surface area contributed by atoms with Gasteiger partial charge in [-0.1, -0.05) is 49.2 Å². The number of amides is 2. The fourth-order valence-electron chi connectivity index (χ4n) is 4.97. The molecule has 0 unspecified atom stereocenters. The molecule has 0 spiro atoms. The summed E-state index contributed by atoms with van der Waals surface area (Å²) in [5, 5.41) is 24.4. The highest BCUT2D eigenvalue weighted by Gasteiger charge is 2.26. The van der Waals surface area contributed by atoms with Gasteiger partial charge in [0.05, 0.1) is 21.9 Å². The molecule has 2 aliphatic rings. The molecule has 4 aromatic rings. The highest BCUT2D eigenvalue weighted by Crippen LogP contribution is 2.34. The van der Waals surface area contributed by atoms with Gasteiger partial charge in [0, 0.05) is 23.5 Å². The number of aromatic hydroxyl groups is 2. The van der Waals surface area contributed by atoms with Crippen molar-refractivity contribution < 1.29 is 19.8 Å². The maximum absolute atomic E-state index is 12.5. The van der Waals surface area contributed by atoms with E-state index in [0.717, 1.165) is 25.7 Å². The maximum atomic E-state index is 12.5. The van der Waals surface area contributed by atoms with Crippen LogP contribution in [0.1, 0.15) is 35.4 Å². The van der Waals surface area contributed by atoms with E-state index in [1.54, 1.807) is 21.3 Å². The Morgan fingerprint density at radius 2 is 1.05 bits per heavy atom. The zero-order valence-electron chi connectivity index (χ0n) is 21.0. The number of hydrogen-bond acceptors (Lipinski definition) is 8. The number of fused-ring (bicyclic) bond motifs is 2. The van der Waals surface area contributed by atoms with Crippen LogP contribution >= 0.6 is 47.1 Å². The first kappa shape index (κ1) is 26.6. The third-order valence-corrected chi connectivity index (χ3v) is 9.84. The average molecular weight is 607 g/mol. The van der Waals surface area contributed by atoms with Crippen LogP contribution in [0.2, 0.25) is 0 Å². The molecule has 2 N–H and O–H groups in total. The largest absolute Gasteiger partial charge is 0.493 e. The molecule has 2 aromatic carbocycles. The lowest BCUT2D eigenvalue weighted by Gasteiger charge is -2.07.